The third-order valence-corrected chi connectivity index (χ3v) is 12.9. The number of hydrogen-bond donors (Lipinski definition) is 1. The van der Waals surface area contributed by atoms with E-state index in [0.717, 1.165) is 25.7 Å². The minimum atomic E-state index is -1.93. The van der Waals surface area contributed by atoms with Gasteiger partial charge in [0.1, 0.15) is 6.17 Å². The minimum absolute atomic E-state index is 0.0126. The molecule has 1 heterocycles. The van der Waals surface area contributed by atoms with Crippen molar-refractivity contribution in [3.8, 4) is 0 Å². The second kappa shape index (κ2) is 8.31. The third-order valence-electron chi connectivity index (χ3n) is 8.40. The number of ether oxygens (including phenoxy) is 1. The molecule has 5 heteroatoms. The van der Waals surface area contributed by atoms with Crippen molar-refractivity contribution in [3.63, 3.8) is 0 Å². The Morgan fingerprint density at radius 3 is 2.40 bits per heavy atom. The largest absolute Gasteiger partial charge is 0.414 e. The van der Waals surface area contributed by atoms with Crippen molar-refractivity contribution in [2.24, 2.45) is 17.8 Å². The number of aliphatic hydroxyl groups excluding tert-OH is 1. The van der Waals surface area contributed by atoms with Gasteiger partial charge in [-0.3, -0.25) is 0 Å². The topological polar surface area (TPSA) is 38.7 Å². The van der Waals surface area contributed by atoms with Gasteiger partial charge in [0.2, 0.25) is 0 Å². The Balaban J connectivity index is 1.48. The molecule has 0 amide bonds. The fourth-order valence-corrected chi connectivity index (χ4v) is 7.06. The maximum Gasteiger partial charge on any atom is 0.192 e. The molecule has 1 N–H and O–H groups in total. The van der Waals surface area contributed by atoms with Crippen LogP contribution in [0.15, 0.2) is 24.3 Å². The fourth-order valence-electron chi connectivity index (χ4n) is 5.64. The molecule has 1 aliphatic heterocycles. The summed E-state index contributed by atoms with van der Waals surface area (Å²) in [6.07, 6.45) is 3.40. The molecule has 3 nitrogen and oxygen atoms in total. The summed E-state index contributed by atoms with van der Waals surface area (Å²) in [5, 5.41) is 10.0. The molecule has 0 aromatic heterocycles. The zero-order chi connectivity index (χ0) is 21.7. The van der Waals surface area contributed by atoms with E-state index in [1.54, 1.807) is 0 Å². The minimum Gasteiger partial charge on any atom is -0.414 e. The zero-order valence-corrected chi connectivity index (χ0v) is 20.2. The van der Waals surface area contributed by atoms with E-state index in [1.807, 2.05) is 0 Å². The van der Waals surface area contributed by atoms with Crippen LogP contribution in [0.3, 0.4) is 0 Å². The molecule has 4 unspecified atom stereocenters. The van der Waals surface area contributed by atoms with Gasteiger partial charge in [0, 0.05) is 18.9 Å². The molecule has 2 aliphatic carbocycles. The summed E-state index contributed by atoms with van der Waals surface area (Å²) in [7, 11) is -1.93. The van der Waals surface area contributed by atoms with Crippen LogP contribution in [0.5, 0.6) is 0 Å². The van der Waals surface area contributed by atoms with Crippen molar-refractivity contribution in [3.05, 3.63) is 35.4 Å². The lowest BCUT2D eigenvalue weighted by Gasteiger charge is -2.41. The molecule has 3 aliphatic rings. The first kappa shape index (κ1) is 22.4. The van der Waals surface area contributed by atoms with E-state index in [1.165, 1.54) is 11.1 Å². The Hall–Kier alpha value is -0.753. The predicted octanol–water partition coefficient (Wildman–Crippen LogP) is 5.65. The van der Waals surface area contributed by atoms with E-state index in [9.17, 15) is 9.50 Å². The number of benzene rings is 1. The Bertz CT molecular complexity index is 721. The molecule has 1 saturated carbocycles. The zero-order valence-electron chi connectivity index (χ0n) is 19.2. The highest BCUT2D eigenvalue weighted by atomic mass is 28.4. The van der Waals surface area contributed by atoms with E-state index in [4.69, 9.17) is 9.16 Å². The summed E-state index contributed by atoms with van der Waals surface area (Å²) in [5.74, 6) is 0.614. The van der Waals surface area contributed by atoms with Gasteiger partial charge in [-0.1, -0.05) is 45.0 Å². The van der Waals surface area contributed by atoms with Crippen LogP contribution in [0, 0.1) is 17.8 Å². The van der Waals surface area contributed by atoms with E-state index < -0.39 is 20.8 Å². The van der Waals surface area contributed by atoms with E-state index in [0.29, 0.717) is 18.8 Å². The molecule has 2 fully saturated rings. The summed E-state index contributed by atoms with van der Waals surface area (Å²) in [6, 6.07) is 8.75. The highest BCUT2D eigenvalue weighted by Gasteiger charge is 2.50. The lowest BCUT2D eigenvalue weighted by molar-refractivity contribution is -0.0930. The van der Waals surface area contributed by atoms with Crippen LogP contribution in [0.2, 0.25) is 18.1 Å². The third kappa shape index (κ3) is 4.41. The Morgan fingerprint density at radius 2 is 1.80 bits per heavy atom. The first-order valence-electron chi connectivity index (χ1n) is 11.8. The number of alkyl halides is 1. The number of fused-ring (bicyclic) bond motifs is 2. The van der Waals surface area contributed by atoms with Crippen molar-refractivity contribution in [1.82, 2.24) is 0 Å². The maximum absolute atomic E-state index is 14.8. The summed E-state index contributed by atoms with van der Waals surface area (Å²) in [4.78, 5) is 0. The van der Waals surface area contributed by atoms with E-state index in [-0.39, 0.29) is 29.1 Å². The van der Waals surface area contributed by atoms with Crippen LogP contribution in [-0.4, -0.2) is 38.1 Å². The fraction of sp³-hybridized carbons (Fsp3) is 0.760. The SMILES string of the molecule is CC(C)(C)[Si](C)(C)OC(CC[C@@H]1C2CC(O)OC2C[C@@H]1F)C1Cc2ccccc2C1. The molecule has 0 bridgehead atoms. The van der Waals surface area contributed by atoms with Gasteiger partial charge in [0.15, 0.2) is 14.6 Å². The van der Waals surface area contributed by atoms with Crippen LogP contribution in [-0.2, 0) is 22.0 Å². The van der Waals surface area contributed by atoms with Crippen molar-refractivity contribution < 1.29 is 18.7 Å². The summed E-state index contributed by atoms with van der Waals surface area (Å²) in [5.41, 5.74) is 2.89. The maximum atomic E-state index is 14.8. The molecule has 30 heavy (non-hydrogen) atoms. The van der Waals surface area contributed by atoms with Gasteiger partial charge in [-0.25, -0.2) is 4.39 Å². The van der Waals surface area contributed by atoms with Gasteiger partial charge in [-0.2, -0.15) is 0 Å². The first-order chi connectivity index (χ1) is 14.0. The van der Waals surface area contributed by atoms with Crippen molar-refractivity contribution in [1.29, 1.82) is 0 Å². The van der Waals surface area contributed by atoms with Gasteiger partial charge < -0.3 is 14.3 Å². The molecule has 4 rings (SSSR count). The van der Waals surface area contributed by atoms with Crippen LogP contribution in [0.25, 0.3) is 0 Å². The summed E-state index contributed by atoms with van der Waals surface area (Å²) in [6.45, 7) is 11.5. The molecular formula is C25H39FO3Si. The van der Waals surface area contributed by atoms with Crippen LogP contribution >= 0.6 is 0 Å². The number of rotatable bonds is 6. The Morgan fingerprint density at radius 1 is 1.17 bits per heavy atom. The van der Waals surface area contributed by atoms with Gasteiger partial charge >= 0.3 is 0 Å². The summed E-state index contributed by atoms with van der Waals surface area (Å²) >= 11 is 0. The smallest absolute Gasteiger partial charge is 0.192 e. The van der Waals surface area contributed by atoms with Crippen LogP contribution in [0.4, 0.5) is 4.39 Å². The second-order valence-corrected chi connectivity index (χ2v) is 16.1. The lowest BCUT2D eigenvalue weighted by Crippen LogP contribution is -2.46. The van der Waals surface area contributed by atoms with E-state index >= 15 is 0 Å². The van der Waals surface area contributed by atoms with Crippen molar-refractivity contribution >= 4 is 8.32 Å². The predicted molar refractivity (Wildman–Crippen MR) is 121 cm³/mol. The number of hydrogen-bond acceptors (Lipinski definition) is 3. The molecule has 1 aromatic rings. The average Bonchev–Trinajstić information content (AvgIpc) is 3.30. The number of aliphatic hydroxyl groups is 1. The van der Waals surface area contributed by atoms with Gasteiger partial charge in [-0.05, 0) is 72.7 Å². The summed E-state index contributed by atoms with van der Waals surface area (Å²) < 4.78 is 27.3. The molecular weight excluding hydrogens is 395 g/mol. The average molecular weight is 435 g/mol. The van der Waals surface area contributed by atoms with Crippen molar-refractivity contribution in [2.45, 2.75) is 102 Å². The first-order valence-corrected chi connectivity index (χ1v) is 14.7. The van der Waals surface area contributed by atoms with E-state index in [2.05, 4.69) is 58.1 Å². The highest BCUT2D eigenvalue weighted by molar-refractivity contribution is 6.74. The Labute approximate surface area is 182 Å². The standard InChI is InChI=1S/C25H39FO3Si/c1-25(2,3)30(4,5)29-22(18-12-16-8-6-7-9-17(16)13-18)11-10-19-20-14-24(27)28-23(20)15-21(19)26/h6-9,18-24,27H,10-15H2,1-5H3/t19-,20?,21+,22?,23?,24?/m1/s1. The quantitative estimate of drug-likeness (QED) is 0.588. The highest BCUT2D eigenvalue weighted by Crippen LogP contribution is 2.47. The molecule has 1 saturated heterocycles. The van der Waals surface area contributed by atoms with Gasteiger partial charge in [0.25, 0.3) is 0 Å². The monoisotopic (exact) mass is 434 g/mol. The van der Waals surface area contributed by atoms with Gasteiger partial charge in [-0.15, -0.1) is 0 Å². The lowest BCUT2D eigenvalue weighted by atomic mass is 9.85. The Kier molecular flexibility index (Phi) is 6.21. The normalized spacial score (nSPS) is 33.0. The van der Waals surface area contributed by atoms with Crippen LogP contribution < -0.4 is 0 Å². The van der Waals surface area contributed by atoms with Gasteiger partial charge in [0.05, 0.1) is 6.10 Å². The molecule has 168 valence electrons. The number of halogens is 1. The second-order valence-electron chi connectivity index (χ2n) is 11.4. The molecule has 6 atom stereocenters. The van der Waals surface area contributed by atoms with Crippen LogP contribution in [0.1, 0.15) is 57.6 Å². The molecule has 0 spiro atoms. The van der Waals surface area contributed by atoms with Crippen molar-refractivity contribution in [2.75, 3.05) is 0 Å². The molecule has 1 aromatic carbocycles. The molecule has 0 radical (unpaired) electrons.